The van der Waals surface area contributed by atoms with E-state index in [1.165, 1.54) is 24.3 Å². The van der Waals surface area contributed by atoms with Crippen LogP contribution in [0.2, 0.25) is 5.02 Å². The van der Waals surface area contributed by atoms with Crippen LogP contribution in [0.5, 0.6) is 0 Å². The second kappa shape index (κ2) is 12.5. The maximum absolute atomic E-state index is 13.5. The topological polar surface area (TPSA) is 67.6 Å². The molecule has 0 spiro atoms. The third-order valence-corrected chi connectivity index (χ3v) is 7.32. The molecule has 8 heteroatoms. The molecule has 0 aliphatic carbocycles. The van der Waals surface area contributed by atoms with Gasteiger partial charge in [0, 0.05) is 31.8 Å². The van der Waals surface area contributed by atoms with E-state index in [1.54, 1.807) is 49.6 Å². The Balaban J connectivity index is 1.34. The number of nitrogens with one attached hydrogen (secondary N) is 1. The first-order valence-corrected chi connectivity index (χ1v) is 12.8. The van der Waals surface area contributed by atoms with Crippen molar-refractivity contribution < 1.29 is 18.3 Å². The number of piperidine rings is 1. The fraction of sp³-hybridized carbons (Fsp3) is 0.345. The number of nitrogens with two attached hydrogens (primary N) is 1. The van der Waals surface area contributed by atoms with Gasteiger partial charge in [0.1, 0.15) is 11.6 Å². The minimum absolute atomic E-state index is 0.0425. The Morgan fingerprint density at radius 1 is 1.08 bits per heavy atom. The molecule has 0 radical (unpaired) electrons. The number of anilines is 1. The van der Waals surface area contributed by atoms with Crippen LogP contribution in [-0.4, -0.2) is 49.7 Å². The molecule has 1 fully saturated rings. The molecule has 196 valence electrons. The molecule has 4 rings (SSSR count). The predicted octanol–water partition coefficient (Wildman–Crippen LogP) is 5.63. The van der Waals surface area contributed by atoms with Gasteiger partial charge in [-0.15, -0.1) is 0 Å². The van der Waals surface area contributed by atoms with Crippen LogP contribution < -0.4 is 11.1 Å². The van der Waals surface area contributed by atoms with E-state index in [1.807, 2.05) is 0 Å². The second-order valence-corrected chi connectivity index (χ2v) is 9.89. The molecule has 3 N–H and O–H groups in total. The number of rotatable bonds is 9. The van der Waals surface area contributed by atoms with E-state index in [0.29, 0.717) is 22.8 Å². The number of hydrogen-bond donors (Lipinski definition) is 2. The van der Waals surface area contributed by atoms with Crippen molar-refractivity contribution in [2.75, 3.05) is 32.5 Å². The summed E-state index contributed by atoms with van der Waals surface area (Å²) in [5, 5.41) is 3.39. The molecule has 0 bridgehead atoms. The first kappa shape index (κ1) is 27.0. The molecular weight excluding hydrogens is 496 g/mol. The molecule has 1 aliphatic rings. The van der Waals surface area contributed by atoms with Gasteiger partial charge in [-0.05, 0) is 79.4 Å². The van der Waals surface area contributed by atoms with Crippen molar-refractivity contribution in [3.63, 3.8) is 0 Å². The number of carbonyl (C=O) groups excluding carboxylic acids is 1. The van der Waals surface area contributed by atoms with Crippen molar-refractivity contribution >= 4 is 23.2 Å². The molecule has 1 heterocycles. The lowest BCUT2D eigenvalue weighted by Crippen LogP contribution is -2.54. The summed E-state index contributed by atoms with van der Waals surface area (Å²) in [7, 11) is 1.66. The number of halogens is 3. The van der Waals surface area contributed by atoms with E-state index in [2.05, 4.69) is 10.2 Å². The number of nitrogen functional groups attached to an aromatic ring is 1. The van der Waals surface area contributed by atoms with Crippen LogP contribution in [0.1, 0.15) is 46.7 Å². The Morgan fingerprint density at radius 2 is 1.70 bits per heavy atom. The molecule has 5 nitrogen and oxygen atoms in total. The van der Waals surface area contributed by atoms with Gasteiger partial charge in [0.25, 0.3) is 5.91 Å². The summed E-state index contributed by atoms with van der Waals surface area (Å²) in [6.07, 6.45) is 2.32. The molecular formula is C29H32ClF2N3O2. The quantitative estimate of drug-likeness (QED) is 0.354. The van der Waals surface area contributed by atoms with Crippen LogP contribution >= 0.6 is 11.6 Å². The van der Waals surface area contributed by atoms with Crippen LogP contribution in [0, 0.1) is 11.6 Å². The van der Waals surface area contributed by atoms with Crippen LogP contribution in [0.3, 0.4) is 0 Å². The number of ether oxygens (including phenoxy) is 1. The van der Waals surface area contributed by atoms with Crippen LogP contribution in [0.4, 0.5) is 14.5 Å². The summed E-state index contributed by atoms with van der Waals surface area (Å²) in [5.41, 5.74) is 8.64. The first-order valence-electron chi connectivity index (χ1n) is 12.5. The van der Waals surface area contributed by atoms with Crippen molar-refractivity contribution in [2.24, 2.45) is 0 Å². The molecule has 0 aromatic heterocycles. The average molecular weight is 528 g/mol. The fourth-order valence-corrected chi connectivity index (χ4v) is 5.26. The van der Waals surface area contributed by atoms with E-state index in [-0.39, 0.29) is 35.6 Å². The maximum Gasteiger partial charge on any atom is 0.253 e. The zero-order chi connectivity index (χ0) is 26.4. The highest BCUT2D eigenvalue weighted by Crippen LogP contribution is 2.30. The monoisotopic (exact) mass is 527 g/mol. The van der Waals surface area contributed by atoms with Crippen molar-refractivity contribution in [3.05, 3.63) is 100 Å². The van der Waals surface area contributed by atoms with Gasteiger partial charge in [0.05, 0.1) is 22.7 Å². The zero-order valence-electron chi connectivity index (χ0n) is 20.8. The lowest BCUT2D eigenvalue weighted by Gasteiger charge is -2.38. The number of carbonyl (C=O) groups is 1. The van der Waals surface area contributed by atoms with Crippen molar-refractivity contribution in [1.82, 2.24) is 10.2 Å². The third kappa shape index (κ3) is 7.06. The summed E-state index contributed by atoms with van der Waals surface area (Å²) in [6, 6.07) is 17.8. The van der Waals surface area contributed by atoms with Crippen LogP contribution in [-0.2, 0) is 4.74 Å². The summed E-state index contributed by atoms with van der Waals surface area (Å²) in [6.45, 7) is 2.36. The van der Waals surface area contributed by atoms with Crippen molar-refractivity contribution in [3.8, 4) is 0 Å². The number of hydrogen-bond acceptors (Lipinski definition) is 4. The van der Waals surface area contributed by atoms with Gasteiger partial charge >= 0.3 is 0 Å². The van der Waals surface area contributed by atoms with Crippen molar-refractivity contribution in [2.45, 2.75) is 37.3 Å². The van der Waals surface area contributed by atoms with Gasteiger partial charge in [-0.25, -0.2) is 8.78 Å². The third-order valence-electron chi connectivity index (χ3n) is 7.01. The Hall–Kier alpha value is -3.00. The van der Waals surface area contributed by atoms with Gasteiger partial charge in [-0.2, -0.15) is 0 Å². The van der Waals surface area contributed by atoms with Gasteiger partial charge in [-0.3, -0.25) is 4.79 Å². The summed E-state index contributed by atoms with van der Waals surface area (Å²) in [4.78, 5) is 15.1. The molecule has 1 amide bonds. The molecule has 2 atom stereocenters. The Bertz CT molecular complexity index is 1150. The first-order chi connectivity index (χ1) is 17.8. The smallest absolute Gasteiger partial charge is 0.253 e. The maximum atomic E-state index is 13.5. The average Bonchev–Trinajstić information content (AvgIpc) is 2.88. The number of amides is 1. The normalized spacial score (nSPS) is 18.2. The molecule has 3 aromatic carbocycles. The van der Waals surface area contributed by atoms with Gasteiger partial charge < -0.3 is 20.7 Å². The highest BCUT2D eigenvalue weighted by molar-refractivity contribution is 6.34. The van der Waals surface area contributed by atoms with Crippen LogP contribution in [0.25, 0.3) is 0 Å². The van der Waals surface area contributed by atoms with E-state index in [0.717, 1.165) is 43.5 Å². The zero-order valence-corrected chi connectivity index (χ0v) is 21.6. The number of methoxy groups -OCH3 is 1. The Labute approximate surface area is 221 Å². The predicted molar refractivity (Wildman–Crippen MR) is 143 cm³/mol. The summed E-state index contributed by atoms with van der Waals surface area (Å²) >= 11 is 6.20. The molecule has 0 saturated carbocycles. The Kier molecular flexibility index (Phi) is 9.14. The number of nitrogens with zero attached hydrogens (tertiary/aromatic N) is 1. The molecule has 1 saturated heterocycles. The summed E-state index contributed by atoms with van der Waals surface area (Å²) < 4.78 is 32.7. The van der Waals surface area contributed by atoms with E-state index < -0.39 is 0 Å². The molecule has 2 unspecified atom stereocenters. The molecule has 37 heavy (non-hydrogen) atoms. The largest absolute Gasteiger partial charge is 0.399 e. The van der Waals surface area contributed by atoms with Crippen molar-refractivity contribution in [1.29, 1.82) is 0 Å². The van der Waals surface area contributed by atoms with Gasteiger partial charge in [0.2, 0.25) is 0 Å². The second-order valence-electron chi connectivity index (χ2n) is 9.48. The minimum atomic E-state index is -0.277. The highest BCUT2D eigenvalue weighted by Gasteiger charge is 2.31. The SMILES string of the molecule is COC1CN(CCCC(c2ccc(F)cc2)c2ccc(F)cc2)CCC1NC(=O)c1ccc(N)cc1Cl. The number of benzene rings is 3. The standard InChI is InChI=1S/C29H32ClF2N3O2/c1-37-28-18-35(16-14-27(28)34-29(36)25-13-12-23(33)17-26(25)30)15-2-3-24(19-4-8-21(31)9-5-19)20-6-10-22(32)11-7-20/h4-13,17,24,27-28H,2-3,14-16,18,33H2,1H3,(H,34,36). The molecule has 3 aromatic rings. The number of likely N-dealkylation sites (tertiary alicyclic amines) is 1. The minimum Gasteiger partial charge on any atom is -0.399 e. The van der Waals surface area contributed by atoms with Gasteiger partial charge in [-0.1, -0.05) is 35.9 Å². The van der Waals surface area contributed by atoms with E-state index >= 15 is 0 Å². The Morgan fingerprint density at radius 3 is 2.27 bits per heavy atom. The van der Waals surface area contributed by atoms with E-state index in [4.69, 9.17) is 22.1 Å². The lowest BCUT2D eigenvalue weighted by molar-refractivity contribution is 0.00597. The van der Waals surface area contributed by atoms with Crippen LogP contribution in [0.15, 0.2) is 66.7 Å². The highest BCUT2D eigenvalue weighted by atomic mass is 35.5. The van der Waals surface area contributed by atoms with Gasteiger partial charge in [0.15, 0.2) is 0 Å². The molecule has 1 aliphatic heterocycles. The summed E-state index contributed by atoms with van der Waals surface area (Å²) in [5.74, 6) is -0.755. The van der Waals surface area contributed by atoms with E-state index in [9.17, 15) is 13.6 Å². The fourth-order valence-electron chi connectivity index (χ4n) is 4.98. The lowest BCUT2D eigenvalue weighted by atomic mass is 9.87.